The number of rotatable bonds is 10. The van der Waals surface area contributed by atoms with Gasteiger partial charge in [-0.1, -0.05) is 30.3 Å². The van der Waals surface area contributed by atoms with Crippen LogP contribution in [0.25, 0.3) is 0 Å². The monoisotopic (exact) mass is 399 g/mol. The molecule has 0 atom stereocenters. The summed E-state index contributed by atoms with van der Waals surface area (Å²) in [4.78, 5) is 17.1. The molecule has 29 heavy (non-hydrogen) atoms. The van der Waals surface area contributed by atoms with E-state index < -0.39 is 0 Å². The Balaban J connectivity index is 1.45. The van der Waals surface area contributed by atoms with Crippen molar-refractivity contribution in [1.82, 2.24) is 15.1 Å². The van der Waals surface area contributed by atoms with Crippen molar-refractivity contribution in [3.05, 3.63) is 59.5 Å². The number of nitrogens with zero attached hydrogens (tertiary/aromatic N) is 2. The molecule has 2 heterocycles. The van der Waals surface area contributed by atoms with Gasteiger partial charge in [-0.15, -0.1) is 0 Å². The lowest BCUT2D eigenvalue weighted by Crippen LogP contribution is -2.38. The summed E-state index contributed by atoms with van der Waals surface area (Å²) in [6.07, 6.45) is 0.928. The van der Waals surface area contributed by atoms with E-state index in [0.717, 1.165) is 51.6 Å². The summed E-state index contributed by atoms with van der Waals surface area (Å²) < 4.78 is 11.2. The molecule has 0 bridgehead atoms. The van der Waals surface area contributed by atoms with Crippen LogP contribution in [0, 0.1) is 0 Å². The van der Waals surface area contributed by atoms with Gasteiger partial charge in [-0.2, -0.15) is 0 Å². The Kier molecular flexibility index (Phi) is 8.28. The second-order valence-corrected chi connectivity index (χ2v) is 7.81. The van der Waals surface area contributed by atoms with Crippen LogP contribution in [0.3, 0.4) is 0 Å². The van der Waals surface area contributed by atoms with Crippen molar-refractivity contribution in [2.75, 3.05) is 39.4 Å². The third-order valence-electron chi connectivity index (χ3n) is 5.24. The predicted molar refractivity (Wildman–Crippen MR) is 114 cm³/mol. The summed E-state index contributed by atoms with van der Waals surface area (Å²) in [6, 6.07) is 14.5. The number of furan rings is 1. The molecule has 6 heteroatoms. The van der Waals surface area contributed by atoms with Gasteiger partial charge in [0.25, 0.3) is 5.91 Å². The van der Waals surface area contributed by atoms with Crippen molar-refractivity contribution in [3.63, 3.8) is 0 Å². The number of hydrogen-bond acceptors (Lipinski definition) is 5. The Hall–Kier alpha value is -2.15. The van der Waals surface area contributed by atoms with Crippen LogP contribution >= 0.6 is 0 Å². The average molecular weight is 400 g/mol. The molecule has 1 saturated heterocycles. The van der Waals surface area contributed by atoms with E-state index >= 15 is 0 Å². The molecule has 1 aromatic carbocycles. The molecule has 1 N–H and O–H groups in total. The second kappa shape index (κ2) is 11.1. The first-order valence-corrected chi connectivity index (χ1v) is 10.6. The standard InChI is InChI=1S/C23H33N3O3/c1-19(2)26(17-20-7-4-3-5-8-20)18-21-9-10-22(29-21)23(27)24-11-6-12-25-13-15-28-16-14-25/h3-5,7-10,19H,6,11-18H2,1-2H3,(H,24,27). The molecule has 0 unspecified atom stereocenters. The number of nitrogens with one attached hydrogen (secondary N) is 1. The van der Waals surface area contributed by atoms with E-state index in [1.807, 2.05) is 12.1 Å². The van der Waals surface area contributed by atoms with Crippen LogP contribution in [-0.4, -0.2) is 61.1 Å². The zero-order valence-electron chi connectivity index (χ0n) is 17.6. The third kappa shape index (κ3) is 6.99. The summed E-state index contributed by atoms with van der Waals surface area (Å²) in [7, 11) is 0. The Morgan fingerprint density at radius 2 is 1.86 bits per heavy atom. The Bertz CT molecular complexity index is 739. The van der Waals surface area contributed by atoms with Crippen LogP contribution in [0.15, 0.2) is 46.9 Å². The third-order valence-corrected chi connectivity index (χ3v) is 5.24. The van der Waals surface area contributed by atoms with Gasteiger partial charge in [0, 0.05) is 32.2 Å². The SMILES string of the molecule is CC(C)N(Cc1ccccc1)Cc1ccc(C(=O)NCCCN2CCOCC2)o1. The van der Waals surface area contributed by atoms with Crippen LogP contribution in [0.4, 0.5) is 0 Å². The van der Waals surface area contributed by atoms with Gasteiger partial charge in [0.05, 0.1) is 19.8 Å². The molecule has 0 radical (unpaired) electrons. The maximum absolute atomic E-state index is 12.4. The number of morpholine rings is 1. The molecule has 1 fully saturated rings. The van der Waals surface area contributed by atoms with Gasteiger partial charge in [0.1, 0.15) is 5.76 Å². The van der Waals surface area contributed by atoms with E-state index in [1.165, 1.54) is 5.56 Å². The number of carbonyl (C=O) groups excluding carboxylic acids is 1. The Labute approximate surface area is 173 Å². The van der Waals surface area contributed by atoms with Gasteiger partial charge in [-0.05, 0) is 44.5 Å². The number of carbonyl (C=O) groups is 1. The van der Waals surface area contributed by atoms with Gasteiger partial charge < -0.3 is 14.5 Å². The lowest BCUT2D eigenvalue weighted by atomic mass is 10.2. The number of hydrogen-bond donors (Lipinski definition) is 1. The summed E-state index contributed by atoms with van der Waals surface area (Å²) in [6.45, 7) is 11.1. The fourth-order valence-electron chi connectivity index (χ4n) is 3.44. The summed E-state index contributed by atoms with van der Waals surface area (Å²) in [5.41, 5.74) is 1.27. The lowest BCUT2D eigenvalue weighted by molar-refractivity contribution is 0.0374. The van der Waals surface area contributed by atoms with E-state index in [4.69, 9.17) is 9.15 Å². The number of benzene rings is 1. The Morgan fingerprint density at radius 3 is 2.59 bits per heavy atom. The van der Waals surface area contributed by atoms with Crippen molar-refractivity contribution in [3.8, 4) is 0 Å². The maximum atomic E-state index is 12.4. The van der Waals surface area contributed by atoms with E-state index in [-0.39, 0.29) is 5.91 Å². The number of ether oxygens (including phenoxy) is 1. The molecular weight excluding hydrogens is 366 g/mol. The van der Waals surface area contributed by atoms with Crippen LogP contribution in [0.2, 0.25) is 0 Å². The van der Waals surface area contributed by atoms with Gasteiger partial charge in [0.15, 0.2) is 5.76 Å². The molecular formula is C23H33N3O3. The molecule has 2 aromatic rings. The highest BCUT2D eigenvalue weighted by molar-refractivity contribution is 5.91. The highest BCUT2D eigenvalue weighted by Crippen LogP contribution is 2.15. The Morgan fingerprint density at radius 1 is 1.10 bits per heavy atom. The smallest absolute Gasteiger partial charge is 0.286 e. The van der Waals surface area contributed by atoms with Crippen LogP contribution in [0.1, 0.15) is 42.1 Å². The zero-order chi connectivity index (χ0) is 20.5. The minimum atomic E-state index is -0.141. The highest BCUT2D eigenvalue weighted by Gasteiger charge is 2.16. The summed E-state index contributed by atoms with van der Waals surface area (Å²) >= 11 is 0. The quantitative estimate of drug-likeness (QED) is 0.622. The minimum absolute atomic E-state index is 0.141. The molecule has 158 valence electrons. The first kappa shape index (κ1) is 21.6. The molecule has 1 aliphatic heterocycles. The highest BCUT2D eigenvalue weighted by atomic mass is 16.5. The maximum Gasteiger partial charge on any atom is 0.286 e. The van der Waals surface area contributed by atoms with Crippen molar-refractivity contribution < 1.29 is 13.9 Å². The molecule has 6 nitrogen and oxygen atoms in total. The van der Waals surface area contributed by atoms with Crippen molar-refractivity contribution in [1.29, 1.82) is 0 Å². The molecule has 1 aliphatic rings. The normalized spacial score (nSPS) is 15.2. The van der Waals surface area contributed by atoms with Crippen molar-refractivity contribution >= 4 is 5.91 Å². The molecule has 0 aliphatic carbocycles. The van der Waals surface area contributed by atoms with Gasteiger partial charge in [0.2, 0.25) is 0 Å². The van der Waals surface area contributed by atoms with Crippen molar-refractivity contribution in [2.24, 2.45) is 0 Å². The van der Waals surface area contributed by atoms with Crippen LogP contribution in [-0.2, 0) is 17.8 Å². The summed E-state index contributed by atoms with van der Waals surface area (Å²) in [5, 5.41) is 2.96. The first-order valence-electron chi connectivity index (χ1n) is 10.6. The number of amides is 1. The minimum Gasteiger partial charge on any atom is -0.455 e. The van der Waals surface area contributed by atoms with Gasteiger partial charge in [-0.3, -0.25) is 14.6 Å². The predicted octanol–water partition coefficient (Wildman–Crippen LogP) is 3.14. The van der Waals surface area contributed by atoms with E-state index in [0.29, 0.717) is 24.9 Å². The second-order valence-electron chi connectivity index (χ2n) is 7.81. The summed E-state index contributed by atoms with van der Waals surface area (Å²) in [5.74, 6) is 1.06. The van der Waals surface area contributed by atoms with Gasteiger partial charge >= 0.3 is 0 Å². The zero-order valence-corrected chi connectivity index (χ0v) is 17.6. The van der Waals surface area contributed by atoms with Crippen molar-refractivity contribution in [2.45, 2.75) is 39.4 Å². The molecule has 3 rings (SSSR count). The fraction of sp³-hybridized carbons (Fsp3) is 0.522. The largest absolute Gasteiger partial charge is 0.455 e. The van der Waals surface area contributed by atoms with E-state index in [9.17, 15) is 4.79 Å². The van der Waals surface area contributed by atoms with Crippen LogP contribution in [0.5, 0.6) is 0 Å². The molecule has 0 saturated carbocycles. The first-order chi connectivity index (χ1) is 14.1. The lowest BCUT2D eigenvalue weighted by Gasteiger charge is -2.26. The average Bonchev–Trinajstić information content (AvgIpc) is 3.21. The topological polar surface area (TPSA) is 58.0 Å². The fourth-order valence-corrected chi connectivity index (χ4v) is 3.44. The molecule has 1 amide bonds. The molecule has 1 aromatic heterocycles. The van der Waals surface area contributed by atoms with E-state index in [2.05, 4.69) is 53.2 Å². The van der Waals surface area contributed by atoms with Gasteiger partial charge in [-0.25, -0.2) is 0 Å². The molecule has 0 spiro atoms. The van der Waals surface area contributed by atoms with E-state index in [1.54, 1.807) is 6.07 Å². The van der Waals surface area contributed by atoms with Crippen LogP contribution < -0.4 is 5.32 Å².